The Labute approximate surface area is 168 Å². The first-order valence-electron chi connectivity index (χ1n) is 9.34. The lowest BCUT2D eigenvalue weighted by Gasteiger charge is -2.35. The fraction of sp³-hybridized carbons (Fsp3) is 0.600. The smallest absolute Gasteiger partial charge is 0.251 e. The molecule has 1 fully saturated rings. The van der Waals surface area contributed by atoms with Crippen LogP contribution in [-0.4, -0.2) is 56.5 Å². The number of rotatable bonds is 7. The Morgan fingerprint density at radius 1 is 1.19 bits per heavy atom. The number of hydrogen-bond acceptors (Lipinski definition) is 4. The molecule has 2 N–H and O–H groups in total. The second-order valence-electron chi connectivity index (χ2n) is 7.25. The van der Waals surface area contributed by atoms with E-state index in [0.717, 1.165) is 32.5 Å². The molecule has 1 atom stereocenters. The lowest BCUT2D eigenvalue weighted by Crippen LogP contribution is -2.53. The Kier molecular flexibility index (Phi) is 9.60. The minimum atomic E-state index is -0.509. The third kappa shape index (κ3) is 6.40. The number of carbonyl (C=O) groups excluding carboxylic acids is 2. The zero-order valence-corrected chi connectivity index (χ0v) is 17.5. The highest BCUT2D eigenvalue weighted by Crippen LogP contribution is 2.19. The van der Waals surface area contributed by atoms with Crippen LogP contribution in [0.15, 0.2) is 24.3 Å². The molecule has 0 bridgehead atoms. The number of amides is 2. The highest BCUT2D eigenvalue weighted by atomic mass is 35.5. The van der Waals surface area contributed by atoms with Crippen LogP contribution in [0.4, 0.5) is 0 Å². The van der Waals surface area contributed by atoms with Gasteiger partial charge in [-0.25, -0.2) is 0 Å². The summed E-state index contributed by atoms with van der Waals surface area (Å²) in [5.74, 6) is 1.13. The predicted octanol–water partition coefficient (Wildman–Crippen LogP) is 2.33. The molecule has 1 saturated heterocycles. The van der Waals surface area contributed by atoms with Crippen molar-refractivity contribution in [3.8, 4) is 5.75 Å². The van der Waals surface area contributed by atoms with E-state index in [9.17, 15) is 9.59 Å². The highest BCUT2D eigenvalue weighted by Gasteiger charge is 2.31. The molecule has 1 aliphatic rings. The van der Waals surface area contributed by atoms with Gasteiger partial charge in [0.25, 0.3) is 5.91 Å². The first-order chi connectivity index (χ1) is 12.5. The van der Waals surface area contributed by atoms with Gasteiger partial charge >= 0.3 is 0 Å². The minimum Gasteiger partial charge on any atom is -0.497 e. The van der Waals surface area contributed by atoms with Crippen LogP contribution in [0.25, 0.3) is 0 Å². The molecular weight excluding hydrogens is 366 g/mol. The fourth-order valence-electron chi connectivity index (χ4n) is 3.32. The number of piperidine rings is 1. The number of methoxy groups -OCH3 is 1. The number of ether oxygens (including phenoxy) is 1. The summed E-state index contributed by atoms with van der Waals surface area (Å²) in [6.07, 6.45) is 2.01. The second-order valence-corrected chi connectivity index (χ2v) is 7.25. The van der Waals surface area contributed by atoms with Gasteiger partial charge in [-0.3, -0.25) is 9.59 Å². The zero-order valence-electron chi connectivity index (χ0n) is 16.7. The average molecular weight is 398 g/mol. The fourth-order valence-corrected chi connectivity index (χ4v) is 3.32. The quantitative estimate of drug-likeness (QED) is 0.740. The van der Waals surface area contributed by atoms with Crippen molar-refractivity contribution in [1.29, 1.82) is 0 Å². The highest BCUT2D eigenvalue weighted by molar-refractivity contribution is 5.97. The second kappa shape index (κ2) is 11.1. The molecule has 0 radical (unpaired) electrons. The Morgan fingerprint density at radius 2 is 1.78 bits per heavy atom. The maximum atomic E-state index is 12.9. The van der Waals surface area contributed by atoms with Gasteiger partial charge in [-0.15, -0.1) is 12.4 Å². The van der Waals surface area contributed by atoms with Gasteiger partial charge in [0.2, 0.25) is 5.91 Å². The molecule has 6 nitrogen and oxygen atoms in total. The van der Waals surface area contributed by atoms with E-state index < -0.39 is 6.04 Å². The maximum Gasteiger partial charge on any atom is 0.251 e. The van der Waals surface area contributed by atoms with E-state index in [1.807, 2.05) is 25.8 Å². The molecule has 0 aromatic heterocycles. The molecule has 1 aliphatic heterocycles. The molecule has 27 heavy (non-hydrogen) atoms. The van der Waals surface area contributed by atoms with Crippen LogP contribution >= 0.6 is 12.4 Å². The monoisotopic (exact) mass is 397 g/mol. The van der Waals surface area contributed by atoms with Gasteiger partial charge in [0.15, 0.2) is 0 Å². The summed E-state index contributed by atoms with van der Waals surface area (Å²) in [6.45, 7) is 6.43. The van der Waals surface area contributed by atoms with Crippen molar-refractivity contribution >= 4 is 24.2 Å². The SMILES string of the molecule is CNCC1CCN(C(=O)C(NC(=O)c2ccc(OC)cc2)C(C)C)CC1.Cl. The molecule has 0 saturated carbocycles. The first kappa shape index (κ1) is 23.2. The number of hydrogen-bond donors (Lipinski definition) is 2. The molecule has 0 spiro atoms. The number of nitrogens with zero attached hydrogens (tertiary/aromatic N) is 1. The summed E-state index contributed by atoms with van der Waals surface area (Å²) in [7, 11) is 3.54. The van der Waals surface area contributed by atoms with Crippen LogP contribution < -0.4 is 15.4 Å². The lowest BCUT2D eigenvalue weighted by atomic mass is 9.95. The molecule has 152 valence electrons. The van der Waals surface area contributed by atoms with Crippen molar-refractivity contribution in [3.05, 3.63) is 29.8 Å². The zero-order chi connectivity index (χ0) is 19.1. The normalized spacial score (nSPS) is 15.8. The van der Waals surface area contributed by atoms with Crippen LogP contribution in [0.1, 0.15) is 37.0 Å². The Hall–Kier alpha value is -1.79. The Balaban J connectivity index is 0.00000364. The molecule has 1 heterocycles. The predicted molar refractivity (Wildman–Crippen MR) is 110 cm³/mol. The van der Waals surface area contributed by atoms with Crippen molar-refractivity contribution in [2.45, 2.75) is 32.7 Å². The van der Waals surface area contributed by atoms with Crippen molar-refractivity contribution < 1.29 is 14.3 Å². The summed E-state index contributed by atoms with van der Waals surface area (Å²) in [6, 6.07) is 6.39. The number of likely N-dealkylation sites (tertiary alicyclic amines) is 1. The number of benzene rings is 1. The van der Waals surface area contributed by atoms with Gasteiger partial charge in [0, 0.05) is 18.7 Å². The number of halogens is 1. The van der Waals surface area contributed by atoms with E-state index in [-0.39, 0.29) is 30.1 Å². The molecule has 1 unspecified atom stereocenters. The Bertz CT molecular complexity index is 599. The molecular formula is C20H32ClN3O3. The van der Waals surface area contributed by atoms with E-state index in [1.165, 1.54) is 0 Å². The van der Waals surface area contributed by atoms with Gasteiger partial charge in [-0.1, -0.05) is 13.8 Å². The van der Waals surface area contributed by atoms with Gasteiger partial charge in [0.05, 0.1) is 7.11 Å². The largest absolute Gasteiger partial charge is 0.497 e. The molecule has 1 aromatic rings. The summed E-state index contributed by atoms with van der Waals surface area (Å²) in [5.41, 5.74) is 0.525. The Morgan fingerprint density at radius 3 is 2.26 bits per heavy atom. The van der Waals surface area contributed by atoms with Crippen LogP contribution in [0, 0.1) is 11.8 Å². The van der Waals surface area contributed by atoms with E-state index >= 15 is 0 Å². The van der Waals surface area contributed by atoms with E-state index in [0.29, 0.717) is 17.2 Å². The third-order valence-corrected chi connectivity index (χ3v) is 4.99. The van der Waals surface area contributed by atoms with E-state index in [4.69, 9.17) is 4.74 Å². The van der Waals surface area contributed by atoms with E-state index in [2.05, 4.69) is 10.6 Å². The van der Waals surface area contributed by atoms with Crippen molar-refractivity contribution in [1.82, 2.24) is 15.5 Å². The summed E-state index contributed by atoms with van der Waals surface area (Å²) in [4.78, 5) is 27.4. The van der Waals surface area contributed by atoms with Gasteiger partial charge in [-0.05, 0) is 62.5 Å². The molecule has 1 aromatic carbocycles. The average Bonchev–Trinajstić information content (AvgIpc) is 2.66. The number of nitrogens with one attached hydrogen (secondary N) is 2. The molecule has 2 amide bonds. The third-order valence-electron chi connectivity index (χ3n) is 4.99. The minimum absolute atomic E-state index is 0. The van der Waals surface area contributed by atoms with Crippen LogP contribution in [0.5, 0.6) is 5.75 Å². The van der Waals surface area contributed by atoms with Gasteiger partial charge in [-0.2, -0.15) is 0 Å². The van der Waals surface area contributed by atoms with Gasteiger partial charge in [0.1, 0.15) is 11.8 Å². The lowest BCUT2D eigenvalue weighted by molar-refractivity contribution is -0.135. The molecule has 2 rings (SSSR count). The summed E-state index contributed by atoms with van der Waals surface area (Å²) >= 11 is 0. The standard InChI is InChI=1S/C20H31N3O3.ClH/c1-14(2)18(20(25)23-11-9-15(10-12-23)13-21-3)22-19(24)16-5-7-17(26-4)8-6-16;/h5-8,14-15,18,21H,9-13H2,1-4H3,(H,22,24);1H. The van der Waals surface area contributed by atoms with Crippen LogP contribution in [0.2, 0.25) is 0 Å². The first-order valence-corrected chi connectivity index (χ1v) is 9.34. The van der Waals surface area contributed by atoms with Crippen molar-refractivity contribution in [2.75, 3.05) is 33.8 Å². The molecule has 0 aliphatic carbocycles. The topological polar surface area (TPSA) is 70.7 Å². The van der Waals surface area contributed by atoms with Crippen LogP contribution in [0.3, 0.4) is 0 Å². The van der Waals surface area contributed by atoms with Crippen molar-refractivity contribution in [2.24, 2.45) is 11.8 Å². The maximum absolute atomic E-state index is 12.9. The van der Waals surface area contributed by atoms with Gasteiger partial charge < -0.3 is 20.3 Å². The van der Waals surface area contributed by atoms with E-state index in [1.54, 1.807) is 31.4 Å². The molecule has 7 heteroatoms. The number of carbonyl (C=O) groups is 2. The summed E-state index contributed by atoms with van der Waals surface area (Å²) < 4.78 is 5.11. The van der Waals surface area contributed by atoms with Crippen molar-refractivity contribution in [3.63, 3.8) is 0 Å². The summed E-state index contributed by atoms with van der Waals surface area (Å²) in [5, 5.41) is 6.13. The van der Waals surface area contributed by atoms with Crippen LogP contribution in [-0.2, 0) is 4.79 Å².